The molecule has 1 aliphatic heterocycles. The SMILES string of the molecule is O=S(=O)(NCCCCNC[C@H]1Cc2ccccc2O1)c1ccccc1. The van der Waals surface area contributed by atoms with E-state index in [9.17, 15) is 8.42 Å². The number of rotatable bonds is 9. The fourth-order valence-electron chi connectivity index (χ4n) is 2.90. The number of hydrogen-bond donors (Lipinski definition) is 2. The predicted molar refractivity (Wildman–Crippen MR) is 98.3 cm³/mol. The minimum atomic E-state index is -3.39. The highest BCUT2D eigenvalue weighted by molar-refractivity contribution is 7.89. The van der Waals surface area contributed by atoms with Gasteiger partial charge < -0.3 is 10.1 Å². The number of ether oxygens (including phenoxy) is 1. The summed E-state index contributed by atoms with van der Waals surface area (Å²) in [6.45, 7) is 2.11. The second-order valence-corrected chi connectivity index (χ2v) is 7.94. The van der Waals surface area contributed by atoms with Gasteiger partial charge in [-0.25, -0.2) is 13.1 Å². The molecule has 1 heterocycles. The van der Waals surface area contributed by atoms with Gasteiger partial charge in [-0.1, -0.05) is 36.4 Å². The largest absolute Gasteiger partial charge is 0.488 e. The Morgan fingerprint density at radius 2 is 1.68 bits per heavy atom. The van der Waals surface area contributed by atoms with E-state index < -0.39 is 10.0 Å². The molecule has 25 heavy (non-hydrogen) atoms. The van der Waals surface area contributed by atoms with Crippen LogP contribution in [0.15, 0.2) is 59.5 Å². The lowest BCUT2D eigenvalue weighted by atomic mass is 10.1. The van der Waals surface area contributed by atoms with Crippen LogP contribution in [0.2, 0.25) is 0 Å². The summed E-state index contributed by atoms with van der Waals surface area (Å²) >= 11 is 0. The zero-order valence-corrected chi connectivity index (χ0v) is 15.0. The Kier molecular flexibility index (Phi) is 6.07. The van der Waals surface area contributed by atoms with Crippen LogP contribution in [-0.2, 0) is 16.4 Å². The van der Waals surface area contributed by atoms with Crippen molar-refractivity contribution >= 4 is 10.0 Å². The second-order valence-electron chi connectivity index (χ2n) is 6.17. The van der Waals surface area contributed by atoms with Gasteiger partial charge in [0.05, 0.1) is 4.90 Å². The zero-order valence-electron chi connectivity index (χ0n) is 14.1. The molecule has 0 aromatic heterocycles. The number of para-hydroxylation sites is 1. The first kappa shape index (κ1) is 17.9. The number of nitrogens with one attached hydrogen (secondary N) is 2. The fourth-order valence-corrected chi connectivity index (χ4v) is 3.99. The summed E-state index contributed by atoms with van der Waals surface area (Å²) < 4.78 is 32.6. The molecule has 0 bridgehead atoms. The summed E-state index contributed by atoms with van der Waals surface area (Å²) in [4.78, 5) is 0.311. The van der Waals surface area contributed by atoms with Crippen molar-refractivity contribution in [2.24, 2.45) is 0 Å². The molecular formula is C19H24N2O3S. The normalized spacial score (nSPS) is 16.4. The molecule has 0 amide bonds. The van der Waals surface area contributed by atoms with Gasteiger partial charge >= 0.3 is 0 Å². The van der Waals surface area contributed by atoms with E-state index in [1.54, 1.807) is 30.3 Å². The lowest BCUT2D eigenvalue weighted by molar-refractivity contribution is 0.227. The topological polar surface area (TPSA) is 67.4 Å². The van der Waals surface area contributed by atoms with Gasteiger partial charge in [-0.15, -0.1) is 0 Å². The number of benzene rings is 2. The lowest BCUT2D eigenvalue weighted by Crippen LogP contribution is -2.31. The predicted octanol–water partition coefficient (Wildman–Crippen LogP) is 2.34. The van der Waals surface area contributed by atoms with E-state index in [0.717, 1.165) is 38.1 Å². The van der Waals surface area contributed by atoms with Crippen LogP contribution in [0.25, 0.3) is 0 Å². The van der Waals surface area contributed by atoms with E-state index in [2.05, 4.69) is 16.1 Å². The quantitative estimate of drug-likeness (QED) is 0.674. The summed E-state index contributed by atoms with van der Waals surface area (Å²) in [6, 6.07) is 16.6. The molecule has 0 radical (unpaired) electrons. The molecule has 2 N–H and O–H groups in total. The van der Waals surface area contributed by atoms with Crippen LogP contribution in [-0.4, -0.2) is 34.2 Å². The van der Waals surface area contributed by atoms with Gasteiger partial charge in [0.2, 0.25) is 10.0 Å². The Balaban J connectivity index is 1.28. The summed E-state index contributed by atoms with van der Waals surface area (Å²) in [7, 11) is -3.39. The van der Waals surface area contributed by atoms with Crippen molar-refractivity contribution in [3.63, 3.8) is 0 Å². The molecule has 2 aromatic carbocycles. The zero-order chi connectivity index (χ0) is 17.5. The van der Waals surface area contributed by atoms with Crippen molar-refractivity contribution in [3.05, 3.63) is 60.2 Å². The van der Waals surface area contributed by atoms with Gasteiger partial charge in [-0.05, 0) is 43.1 Å². The first-order valence-electron chi connectivity index (χ1n) is 8.65. The molecule has 0 unspecified atom stereocenters. The van der Waals surface area contributed by atoms with Crippen LogP contribution in [0.4, 0.5) is 0 Å². The van der Waals surface area contributed by atoms with E-state index in [-0.39, 0.29) is 6.10 Å². The Morgan fingerprint density at radius 1 is 0.960 bits per heavy atom. The third-order valence-electron chi connectivity index (χ3n) is 4.21. The van der Waals surface area contributed by atoms with Crippen LogP contribution in [0.3, 0.4) is 0 Å². The van der Waals surface area contributed by atoms with Crippen LogP contribution in [0.1, 0.15) is 18.4 Å². The van der Waals surface area contributed by atoms with Crippen LogP contribution in [0.5, 0.6) is 5.75 Å². The van der Waals surface area contributed by atoms with Gasteiger partial charge in [0.1, 0.15) is 11.9 Å². The van der Waals surface area contributed by atoms with Crippen molar-refractivity contribution in [3.8, 4) is 5.75 Å². The minimum Gasteiger partial charge on any atom is -0.488 e. The summed E-state index contributed by atoms with van der Waals surface area (Å²) in [6.07, 6.45) is 2.84. The molecule has 134 valence electrons. The molecular weight excluding hydrogens is 336 g/mol. The van der Waals surface area contributed by atoms with Crippen molar-refractivity contribution < 1.29 is 13.2 Å². The van der Waals surface area contributed by atoms with Crippen molar-refractivity contribution in [2.45, 2.75) is 30.3 Å². The van der Waals surface area contributed by atoms with Crippen LogP contribution in [0, 0.1) is 0 Å². The summed E-state index contributed by atoms with van der Waals surface area (Å²) in [5, 5.41) is 3.39. The van der Waals surface area contributed by atoms with Gasteiger partial charge in [0, 0.05) is 19.5 Å². The maximum Gasteiger partial charge on any atom is 0.240 e. The number of unbranched alkanes of at least 4 members (excludes halogenated alkanes) is 1. The van der Waals surface area contributed by atoms with Crippen LogP contribution < -0.4 is 14.8 Å². The Bertz CT molecular complexity index is 753. The average molecular weight is 360 g/mol. The maximum atomic E-state index is 12.1. The van der Waals surface area contributed by atoms with Gasteiger partial charge in [0.25, 0.3) is 0 Å². The second kappa shape index (κ2) is 8.47. The van der Waals surface area contributed by atoms with Crippen molar-refractivity contribution in [2.75, 3.05) is 19.6 Å². The van der Waals surface area contributed by atoms with Crippen LogP contribution >= 0.6 is 0 Å². The van der Waals surface area contributed by atoms with E-state index in [1.807, 2.05) is 18.2 Å². The maximum absolute atomic E-state index is 12.1. The van der Waals surface area contributed by atoms with Gasteiger partial charge in [-0.3, -0.25) is 0 Å². The average Bonchev–Trinajstić information content (AvgIpc) is 3.04. The van der Waals surface area contributed by atoms with E-state index in [4.69, 9.17) is 4.74 Å². The molecule has 0 saturated heterocycles. The molecule has 6 heteroatoms. The third-order valence-corrected chi connectivity index (χ3v) is 5.69. The van der Waals surface area contributed by atoms with Crippen molar-refractivity contribution in [1.29, 1.82) is 0 Å². The highest BCUT2D eigenvalue weighted by Crippen LogP contribution is 2.27. The first-order valence-corrected chi connectivity index (χ1v) is 10.1. The molecule has 1 aliphatic rings. The van der Waals surface area contributed by atoms with Gasteiger partial charge in [0.15, 0.2) is 0 Å². The lowest BCUT2D eigenvalue weighted by Gasteiger charge is -2.12. The summed E-state index contributed by atoms with van der Waals surface area (Å²) in [5.74, 6) is 0.990. The number of hydrogen-bond acceptors (Lipinski definition) is 4. The molecule has 0 aliphatic carbocycles. The minimum absolute atomic E-state index is 0.189. The number of sulfonamides is 1. The molecule has 0 saturated carbocycles. The highest BCUT2D eigenvalue weighted by Gasteiger charge is 2.21. The molecule has 2 aromatic rings. The fraction of sp³-hybridized carbons (Fsp3) is 0.368. The number of fused-ring (bicyclic) bond motifs is 1. The highest BCUT2D eigenvalue weighted by atomic mass is 32.2. The Labute approximate surface area is 149 Å². The molecule has 5 nitrogen and oxygen atoms in total. The monoisotopic (exact) mass is 360 g/mol. The smallest absolute Gasteiger partial charge is 0.240 e. The summed E-state index contributed by atoms with van der Waals surface area (Å²) in [5.41, 5.74) is 1.27. The molecule has 0 spiro atoms. The Hall–Kier alpha value is -1.89. The molecule has 0 fully saturated rings. The molecule has 3 rings (SSSR count). The van der Waals surface area contributed by atoms with E-state index in [1.165, 1.54) is 5.56 Å². The standard InChI is InChI=1S/C19H24N2O3S/c22-25(23,18-9-2-1-3-10-18)21-13-7-6-12-20-15-17-14-16-8-4-5-11-19(16)24-17/h1-5,8-11,17,20-21H,6-7,12-15H2/t17-/m1/s1. The Morgan fingerprint density at radius 3 is 2.48 bits per heavy atom. The van der Waals surface area contributed by atoms with Gasteiger partial charge in [-0.2, -0.15) is 0 Å². The third kappa shape index (κ3) is 5.04. The van der Waals surface area contributed by atoms with E-state index >= 15 is 0 Å². The van der Waals surface area contributed by atoms with E-state index in [0.29, 0.717) is 11.4 Å². The van der Waals surface area contributed by atoms with Crippen molar-refractivity contribution in [1.82, 2.24) is 10.0 Å². The molecule has 1 atom stereocenters. The first-order chi connectivity index (χ1) is 12.1.